The highest BCUT2D eigenvalue weighted by atomic mass is 32.3. The molecule has 1 atom stereocenters. The highest BCUT2D eigenvalue weighted by Crippen LogP contribution is 2.17. The fourth-order valence-electron chi connectivity index (χ4n) is 2.35. The summed E-state index contributed by atoms with van der Waals surface area (Å²) in [5.74, 6) is 0.753. The molecule has 20 heavy (non-hydrogen) atoms. The molecule has 0 heterocycles. The summed E-state index contributed by atoms with van der Waals surface area (Å²) in [7, 11) is -4.25. The van der Waals surface area contributed by atoms with Gasteiger partial charge in [-0.05, 0) is 12.3 Å². The predicted molar refractivity (Wildman–Crippen MR) is 83.1 cm³/mol. The molecule has 0 aromatic rings. The predicted octanol–water partition coefficient (Wildman–Crippen LogP) is 4.75. The highest BCUT2D eigenvalue weighted by Gasteiger charge is 2.04. The minimum Gasteiger partial charge on any atom is -0.264 e. The molecule has 0 aromatic heterocycles. The molecule has 0 aromatic carbocycles. The van der Waals surface area contributed by atoms with Crippen LogP contribution in [0.3, 0.4) is 0 Å². The Bertz CT molecular complexity index is 301. The van der Waals surface area contributed by atoms with E-state index in [1.165, 1.54) is 51.4 Å². The third-order valence-corrected chi connectivity index (χ3v) is 4.09. The van der Waals surface area contributed by atoms with Gasteiger partial charge in [0, 0.05) is 0 Å². The van der Waals surface area contributed by atoms with Crippen molar-refractivity contribution in [2.45, 2.75) is 84.5 Å². The largest absolute Gasteiger partial charge is 0.397 e. The van der Waals surface area contributed by atoms with E-state index in [1.54, 1.807) is 0 Å². The van der Waals surface area contributed by atoms with Gasteiger partial charge in [0.25, 0.3) is 0 Å². The third kappa shape index (κ3) is 15.9. The monoisotopic (exact) mass is 308 g/mol. The lowest BCUT2D eigenvalue weighted by Crippen LogP contribution is -2.04. The maximum absolute atomic E-state index is 10.3. The highest BCUT2D eigenvalue weighted by molar-refractivity contribution is 7.80. The molecule has 0 saturated carbocycles. The van der Waals surface area contributed by atoms with Crippen LogP contribution in [0, 0.1) is 5.92 Å². The molecular weight excluding hydrogens is 276 g/mol. The molecule has 0 bridgehead atoms. The Kier molecular flexibility index (Phi) is 12.5. The van der Waals surface area contributed by atoms with E-state index in [0.29, 0.717) is 6.42 Å². The second kappa shape index (κ2) is 12.6. The molecule has 5 heteroatoms. The third-order valence-electron chi connectivity index (χ3n) is 3.62. The molecule has 0 rings (SSSR count). The van der Waals surface area contributed by atoms with Crippen molar-refractivity contribution >= 4 is 10.4 Å². The lowest BCUT2D eigenvalue weighted by molar-refractivity contribution is 0.260. The minimum atomic E-state index is -4.25. The Hall–Kier alpha value is -0.130. The fraction of sp³-hybridized carbons (Fsp3) is 1.00. The Morgan fingerprint density at radius 1 is 0.900 bits per heavy atom. The average molecular weight is 308 g/mol. The van der Waals surface area contributed by atoms with Crippen LogP contribution in [0.25, 0.3) is 0 Å². The van der Waals surface area contributed by atoms with Gasteiger partial charge in [-0.1, -0.05) is 78.1 Å². The summed E-state index contributed by atoms with van der Waals surface area (Å²) >= 11 is 0. The summed E-state index contributed by atoms with van der Waals surface area (Å²) in [5.41, 5.74) is 0. The van der Waals surface area contributed by atoms with Crippen LogP contribution >= 0.6 is 0 Å². The normalized spacial score (nSPS) is 13.6. The second-order valence-electron chi connectivity index (χ2n) is 5.76. The first-order valence-electron chi connectivity index (χ1n) is 8.07. The minimum absolute atomic E-state index is 0.0879. The van der Waals surface area contributed by atoms with Crippen molar-refractivity contribution in [1.29, 1.82) is 0 Å². The van der Waals surface area contributed by atoms with Crippen molar-refractivity contribution < 1.29 is 17.2 Å². The van der Waals surface area contributed by atoms with E-state index in [4.69, 9.17) is 4.55 Å². The summed E-state index contributed by atoms with van der Waals surface area (Å²) in [5, 5.41) is 0. The molecule has 122 valence electrons. The van der Waals surface area contributed by atoms with E-state index in [0.717, 1.165) is 18.8 Å². The van der Waals surface area contributed by atoms with E-state index < -0.39 is 10.4 Å². The second-order valence-corrected chi connectivity index (χ2v) is 6.85. The van der Waals surface area contributed by atoms with E-state index >= 15 is 0 Å². The lowest BCUT2D eigenvalue weighted by atomic mass is 9.96. The standard InChI is InChI=1S/C15H32O4S/c1-3-4-5-6-7-9-12-15(2)13-10-8-11-14-19-20(16,17)18/h15H,3-14H2,1-2H3,(H,16,17,18). The van der Waals surface area contributed by atoms with E-state index in [-0.39, 0.29) is 6.61 Å². The van der Waals surface area contributed by atoms with Crippen LogP contribution in [0.5, 0.6) is 0 Å². The van der Waals surface area contributed by atoms with E-state index in [2.05, 4.69) is 18.0 Å². The van der Waals surface area contributed by atoms with Crippen LogP contribution < -0.4 is 0 Å². The lowest BCUT2D eigenvalue weighted by Gasteiger charge is -2.10. The molecule has 0 aliphatic rings. The van der Waals surface area contributed by atoms with Gasteiger partial charge in [-0.3, -0.25) is 4.55 Å². The Labute approximate surface area is 125 Å². The molecule has 0 amide bonds. The number of unbranched alkanes of at least 4 members (excludes halogenated alkanes) is 7. The molecular formula is C15H32O4S. The SMILES string of the molecule is CCCCCCCCC(C)CCCCCOS(=O)(=O)O. The zero-order valence-electron chi connectivity index (χ0n) is 13.1. The average Bonchev–Trinajstić information content (AvgIpc) is 2.36. The molecule has 0 aliphatic carbocycles. The van der Waals surface area contributed by atoms with Gasteiger partial charge in [-0.15, -0.1) is 0 Å². The topological polar surface area (TPSA) is 63.6 Å². The van der Waals surface area contributed by atoms with E-state index in [9.17, 15) is 8.42 Å². The molecule has 0 saturated heterocycles. The van der Waals surface area contributed by atoms with E-state index in [1.807, 2.05) is 0 Å². The quantitative estimate of drug-likeness (QED) is 0.371. The van der Waals surface area contributed by atoms with Crippen LogP contribution in [0.15, 0.2) is 0 Å². The number of rotatable bonds is 14. The first-order chi connectivity index (χ1) is 9.45. The van der Waals surface area contributed by atoms with Gasteiger partial charge in [0.15, 0.2) is 0 Å². The summed E-state index contributed by atoms with van der Waals surface area (Å²) in [6.07, 6.45) is 13.3. The van der Waals surface area contributed by atoms with Crippen molar-refractivity contribution in [2.75, 3.05) is 6.61 Å². The van der Waals surface area contributed by atoms with Crippen LogP contribution in [0.2, 0.25) is 0 Å². The van der Waals surface area contributed by atoms with Crippen molar-refractivity contribution in [3.63, 3.8) is 0 Å². The molecule has 4 nitrogen and oxygen atoms in total. The van der Waals surface area contributed by atoms with Gasteiger partial charge in [-0.25, -0.2) is 4.18 Å². The van der Waals surface area contributed by atoms with Gasteiger partial charge < -0.3 is 0 Å². The molecule has 1 N–H and O–H groups in total. The molecule has 1 unspecified atom stereocenters. The van der Waals surface area contributed by atoms with Crippen LogP contribution in [0.1, 0.15) is 84.5 Å². The van der Waals surface area contributed by atoms with Crippen molar-refractivity contribution in [3.05, 3.63) is 0 Å². The van der Waals surface area contributed by atoms with Crippen molar-refractivity contribution in [3.8, 4) is 0 Å². The summed E-state index contributed by atoms with van der Waals surface area (Å²) in [6.45, 7) is 4.62. The molecule has 0 radical (unpaired) electrons. The zero-order valence-corrected chi connectivity index (χ0v) is 14.0. The maximum atomic E-state index is 10.3. The van der Waals surface area contributed by atoms with Gasteiger partial charge in [0.05, 0.1) is 6.61 Å². The molecule has 0 fully saturated rings. The van der Waals surface area contributed by atoms with Crippen LogP contribution in [-0.2, 0) is 14.6 Å². The van der Waals surface area contributed by atoms with Crippen molar-refractivity contribution in [1.82, 2.24) is 0 Å². The van der Waals surface area contributed by atoms with Crippen LogP contribution in [0.4, 0.5) is 0 Å². The Balaban J connectivity index is 3.26. The first-order valence-corrected chi connectivity index (χ1v) is 9.44. The summed E-state index contributed by atoms with van der Waals surface area (Å²) < 4.78 is 33.3. The fourth-order valence-corrected chi connectivity index (χ4v) is 2.68. The first kappa shape index (κ1) is 19.9. The van der Waals surface area contributed by atoms with Gasteiger partial charge in [0.1, 0.15) is 0 Å². The van der Waals surface area contributed by atoms with Gasteiger partial charge in [0.2, 0.25) is 0 Å². The Morgan fingerprint density at radius 3 is 1.95 bits per heavy atom. The smallest absolute Gasteiger partial charge is 0.264 e. The van der Waals surface area contributed by atoms with Crippen LogP contribution in [-0.4, -0.2) is 19.6 Å². The number of hydrogen-bond donors (Lipinski definition) is 1. The van der Waals surface area contributed by atoms with Gasteiger partial charge >= 0.3 is 10.4 Å². The Morgan fingerprint density at radius 2 is 1.40 bits per heavy atom. The maximum Gasteiger partial charge on any atom is 0.397 e. The number of hydrogen-bond acceptors (Lipinski definition) is 3. The zero-order chi connectivity index (χ0) is 15.3. The summed E-state index contributed by atoms with van der Waals surface area (Å²) in [4.78, 5) is 0. The molecule has 0 spiro atoms. The molecule has 0 aliphatic heterocycles. The van der Waals surface area contributed by atoms with Crippen molar-refractivity contribution in [2.24, 2.45) is 5.92 Å². The van der Waals surface area contributed by atoms with Gasteiger partial charge in [-0.2, -0.15) is 8.42 Å². The summed E-state index contributed by atoms with van der Waals surface area (Å²) in [6, 6.07) is 0.